The summed E-state index contributed by atoms with van der Waals surface area (Å²) >= 11 is 1.29. The second-order valence-corrected chi connectivity index (χ2v) is 8.80. The first kappa shape index (κ1) is 24.2. The maximum atomic E-state index is 13.8. The van der Waals surface area contributed by atoms with Crippen molar-refractivity contribution in [3.63, 3.8) is 0 Å². The van der Waals surface area contributed by atoms with Gasteiger partial charge in [0.15, 0.2) is 16.6 Å². The summed E-state index contributed by atoms with van der Waals surface area (Å²) in [6.07, 6.45) is 0.750. The molecule has 0 radical (unpaired) electrons. The maximum absolute atomic E-state index is 13.8. The molecule has 2 heterocycles. The first-order chi connectivity index (χ1) is 16.5. The first-order valence-corrected chi connectivity index (χ1v) is 11.8. The van der Waals surface area contributed by atoms with Crippen LogP contribution >= 0.6 is 11.3 Å². The minimum Gasteiger partial charge on any atom is -0.493 e. The lowest BCUT2D eigenvalue weighted by atomic mass is 10.1. The van der Waals surface area contributed by atoms with E-state index >= 15 is 0 Å². The van der Waals surface area contributed by atoms with Crippen LogP contribution in [-0.2, 0) is 4.74 Å². The summed E-state index contributed by atoms with van der Waals surface area (Å²) in [7, 11) is 4.53. The van der Waals surface area contributed by atoms with Gasteiger partial charge in [-0.05, 0) is 36.8 Å². The van der Waals surface area contributed by atoms with Crippen molar-refractivity contribution >= 4 is 32.6 Å². The van der Waals surface area contributed by atoms with E-state index in [1.54, 1.807) is 23.1 Å². The Balaban J connectivity index is 1.65. The minimum absolute atomic E-state index is 0.249. The number of ether oxygens (including phenoxy) is 4. The fourth-order valence-electron chi connectivity index (χ4n) is 3.92. The van der Waals surface area contributed by atoms with Gasteiger partial charge in [0, 0.05) is 31.7 Å². The number of morpholine rings is 1. The lowest BCUT2D eigenvalue weighted by molar-refractivity contribution is 0.0376. The summed E-state index contributed by atoms with van der Waals surface area (Å²) in [5, 5.41) is 0.515. The molecule has 0 unspecified atom stereocenters. The van der Waals surface area contributed by atoms with Gasteiger partial charge in [-0.25, -0.2) is 9.37 Å². The summed E-state index contributed by atoms with van der Waals surface area (Å²) in [4.78, 5) is 22.3. The molecule has 1 aromatic heterocycles. The van der Waals surface area contributed by atoms with Crippen LogP contribution in [0.15, 0.2) is 30.3 Å². The van der Waals surface area contributed by atoms with Crippen molar-refractivity contribution in [3.05, 3.63) is 41.7 Å². The third-order valence-corrected chi connectivity index (χ3v) is 6.73. The first-order valence-electron chi connectivity index (χ1n) is 11.0. The van der Waals surface area contributed by atoms with Gasteiger partial charge in [-0.15, -0.1) is 0 Å². The molecule has 0 atom stereocenters. The molecule has 10 heteroatoms. The lowest BCUT2D eigenvalue weighted by Crippen LogP contribution is -2.39. The van der Waals surface area contributed by atoms with Crippen molar-refractivity contribution < 1.29 is 28.1 Å². The van der Waals surface area contributed by atoms with Gasteiger partial charge in [-0.2, -0.15) is 0 Å². The van der Waals surface area contributed by atoms with Gasteiger partial charge in [-0.1, -0.05) is 11.3 Å². The predicted octanol–water partition coefficient (Wildman–Crippen LogP) is 3.83. The zero-order valence-electron chi connectivity index (χ0n) is 19.5. The largest absolute Gasteiger partial charge is 0.493 e. The highest BCUT2D eigenvalue weighted by Crippen LogP contribution is 2.39. The van der Waals surface area contributed by atoms with Crippen molar-refractivity contribution in [3.8, 4) is 17.2 Å². The zero-order chi connectivity index (χ0) is 24.1. The average Bonchev–Trinajstić information content (AvgIpc) is 3.28. The summed E-state index contributed by atoms with van der Waals surface area (Å²) in [6, 6.07) is 7.69. The Hall–Kier alpha value is -2.95. The van der Waals surface area contributed by atoms with E-state index in [1.807, 2.05) is 0 Å². The molecule has 1 saturated heterocycles. The van der Waals surface area contributed by atoms with E-state index in [1.165, 1.54) is 44.8 Å². The molecule has 2 aromatic carbocycles. The number of rotatable bonds is 9. The maximum Gasteiger partial charge on any atom is 0.260 e. The highest BCUT2D eigenvalue weighted by molar-refractivity contribution is 7.22. The minimum atomic E-state index is -0.336. The Kier molecular flexibility index (Phi) is 7.81. The Labute approximate surface area is 201 Å². The van der Waals surface area contributed by atoms with E-state index in [4.69, 9.17) is 18.9 Å². The monoisotopic (exact) mass is 489 g/mol. The average molecular weight is 490 g/mol. The molecule has 0 bridgehead atoms. The number of nitrogens with zero attached hydrogens (tertiary/aromatic N) is 3. The van der Waals surface area contributed by atoms with Crippen LogP contribution in [0.1, 0.15) is 16.8 Å². The van der Waals surface area contributed by atoms with Gasteiger partial charge < -0.3 is 18.9 Å². The standard InChI is InChI=1S/C24H28FN3O5S/c1-30-19-13-16(14-20(31-2)22(19)32-3)23(29)28(8-4-7-27-9-11-33-12-10-27)24-26-18-6-5-17(25)15-21(18)34-24/h5-6,13-15H,4,7-12H2,1-3H3. The van der Waals surface area contributed by atoms with E-state index in [9.17, 15) is 9.18 Å². The highest BCUT2D eigenvalue weighted by Gasteiger charge is 2.25. The molecule has 1 amide bonds. The van der Waals surface area contributed by atoms with Gasteiger partial charge >= 0.3 is 0 Å². The van der Waals surface area contributed by atoms with E-state index in [0.717, 1.165) is 39.3 Å². The van der Waals surface area contributed by atoms with Gasteiger partial charge in [-0.3, -0.25) is 14.6 Å². The summed E-state index contributed by atoms with van der Waals surface area (Å²) in [5.41, 5.74) is 1.03. The van der Waals surface area contributed by atoms with Crippen LogP contribution in [0.25, 0.3) is 10.2 Å². The van der Waals surface area contributed by atoms with Gasteiger partial charge in [0.1, 0.15) is 5.82 Å². The molecule has 0 N–H and O–H groups in total. The van der Waals surface area contributed by atoms with Crippen molar-refractivity contribution in [1.82, 2.24) is 9.88 Å². The topological polar surface area (TPSA) is 73.4 Å². The van der Waals surface area contributed by atoms with Crippen LogP contribution in [-0.4, -0.2) is 76.5 Å². The Morgan fingerprint density at radius 1 is 1.12 bits per heavy atom. The molecule has 1 aliphatic rings. The molecule has 1 aliphatic heterocycles. The molecule has 34 heavy (non-hydrogen) atoms. The second kappa shape index (κ2) is 11.0. The number of carbonyl (C=O) groups excluding carboxylic acids is 1. The number of anilines is 1. The normalized spacial score (nSPS) is 14.2. The summed E-state index contributed by atoms with van der Waals surface area (Å²) in [5.74, 6) is 0.615. The number of aromatic nitrogens is 1. The molecular weight excluding hydrogens is 461 g/mol. The number of hydrogen-bond donors (Lipinski definition) is 0. The Morgan fingerprint density at radius 3 is 2.47 bits per heavy atom. The van der Waals surface area contributed by atoms with Gasteiger partial charge in [0.2, 0.25) is 5.75 Å². The molecular formula is C24H28FN3O5S. The number of thiazole rings is 1. The van der Waals surface area contributed by atoms with Crippen molar-refractivity contribution in [2.75, 3.05) is 65.6 Å². The van der Waals surface area contributed by atoms with Gasteiger partial charge in [0.05, 0.1) is 44.8 Å². The van der Waals surface area contributed by atoms with Crippen molar-refractivity contribution in [2.24, 2.45) is 0 Å². The molecule has 0 aliphatic carbocycles. The van der Waals surface area contributed by atoms with Crippen LogP contribution in [0.2, 0.25) is 0 Å². The summed E-state index contributed by atoms with van der Waals surface area (Å²) in [6.45, 7) is 4.48. The number of halogens is 1. The molecule has 3 aromatic rings. The number of hydrogen-bond acceptors (Lipinski definition) is 8. The van der Waals surface area contributed by atoms with E-state index in [2.05, 4.69) is 9.88 Å². The number of fused-ring (bicyclic) bond motifs is 1. The quantitative estimate of drug-likeness (QED) is 0.452. The van der Waals surface area contributed by atoms with Gasteiger partial charge in [0.25, 0.3) is 5.91 Å². The molecule has 1 fully saturated rings. The van der Waals surface area contributed by atoms with Crippen molar-refractivity contribution in [2.45, 2.75) is 6.42 Å². The molecule has 0 saturated carbocycles. The third kappa shape index (κ3) is 5.24. The second-order valence-electron chi connectivity index (χ2n) is 7.79. The number of methoxy groups -OCH3 is 3. The fourth-order valence-corrected chi connectivity index (χ4v) is 4.94. The smallest absolute Gasteiger partial charge is 0.260 e. The van der Waals surface area contributed by atoms with Crippen molar-refractivity contribution in [1.29, 1.82) is 0 Å². The third-order valence-electron chi connectivity index (χ3n) is 5.69. The Bertz CT molecular complexity index is 1120. The fraction of sp³-hybridized carbons (Fsp3) is 0.417. The number of benzene rings is 2. The van der Waals surface area contributed by atoms with Crippen LogP contribution < -0.4 is 19.1 Å². The molecule has 0 spiro atoms. The van der Waals surface area contributed by atoms with Crippen LogP contribution in [0.5, 0.6) is 17.2 Å². The van der Waals surface area contributed by atoms with E-state index < -0.39 is 0 Å². The summed E-state index contributed by atoms with van der Waals surface area (Å²) < 4.78 is 36.1. The molecule has 4 rings (SSSR count). The SMILES string of the molecule is COc1cc(C(=O)N(CCCN2CCOCC2)c2nc3ccc(F)cc3s2)cc(OC)c1OC. The molecule has 182 valence electrons. The van der Waals surface area contributed by atoms with E-state index in [0.29, 0.717) is 44.7 Å². The highest BCUT2D eigenvalue weighted by atomic mass is 32.1. The predicted molar refractivity (Wildman–Crippen MR) is 129 cm³/mol. The number of amides is 1. The van der Waals surface area contributed by atoms with Crippen LogP contribution in [0.4, 0.5) is 9.52 Å². The van der Waals surface area contributed by atoms with E-state index in [-0.39, 0.29) is 11.7 Å². The zero-order valence-corrected chi connectivity index (χ0v) is 20.3. The number of carbonyl (C=O) groups is 1. The van der Waals surface area contributed by atoms with Crippen LogP contribution in [0.3, 0.4) is 0 Å². The lowest BCUT2D eigenvalue weighted by Gasteiger charge is -2.28. The van der Waals surface area contributed by atoms with Crippen LogP contribution in [0, 0.1) is 5.82 Å². The Morgan fingerprint density at radius 2 is 1.82 bits per heavy atom. The molecule has 8 nitrogen and oxygen atoms in total.